The van der Waals surface area contributed by atoms with E-state index in [9.17, 15) is 24.0 Å². The number of carbonyl (C=O) groups excluding carboxylic acids is 5. The van der Waals surface area contributed by atoms with Gasteiger partial charge in [0.05, 0.1) is 29.5 Å². The van der Waals surface area contributed by atoms with E-state index < -0.39 is 35.9 Å². The number of esters is 1. The van der Waals surface area contributed by atoms with Gasteiger partial charge in [0, 0.05) is 0 Å². The summed E-state index contributed by atoms with van der Waals surface area (Å²) in [5.41, 5.74) is 1.41. The molecule has 1 atom stereocenters. The summed E-state index contributed by atoms with van der Waals surface area (Å²) in [6.07, 6.45) is -2.27. The lowest BCUT2D eigenvalue weighted by Gasteiger charge is -2.16. The number of hydrogen-bond acceptors (Lipinski definition) is 7. The maximum Gasteiger partial charge on any atom is 0.413 e. The van der Waals surface area contributed by atoms with Crippen LogP contribution in [0.2, 0.25) is 0 Å². The van der Waals surface area contributed by atoms with Crippen molar-refractivity contribution in [2.75, 3.05) is 12.0 Å². The van der Waals surface area contributed by atoms with E-state index in [0.29, 0.717) is 5.69 Å². The molecule has 0 bridgehead atoms. The number of nitrogens with one attached hydrogen (secondary N) is 1. The van der Waals surface area contributed by atoms with Gasteiger partial charge in [-0.2, -0.15) is 0 Å². The molecule has 4 amide bonds. The maximum atomic E-state index is 12.9. The number of carbonyl (C=O) groups is 5. The molecule has 3 rings (SSSR count). The smallest absolute Gasteiger partial charge is 0.413 e. The Morgan fingerprint density at radius 3 is 2.33 bits per heavy atom. The van der Waals surface area contributed by atoms with Gasteiger partial charge in [-0.3, -0.25) is 19.7 Å². The number of imide groups is 2. The second-order valence-electron chi connectivity index (χ2n) is 6.52. The van der Waals surface area contributed by atoms with Gasteiger partial charge in [-0.15, -0.1) is 0 Å². The Kier molecular flexibility index (Phi) is 5.63. The first-order valence-electron chi connectivity index (χ1n) is 8.93. The van der Waals surface area contributed by atoms with Gasteiger partial charge in [0.15, 0.2) is 6.10 Å². The third kappa shape index (κ3) is 3.77. The highest BCUT2D eigenvalue weighted by Gasteiger charge is 2.38. The summed E-state index contributed by atoms with van der Waals surface area (Å²) < 4.78 is 9.33. The van der Waals surface area contributed by atoms with Gasteiger partial charge in [-0.25, -0.2) is 14.5 Å². The summed E-state index contributed by atoms with van der Waals surface area (Å²) in [7, 11) is 1.09. The van der Waals surface area contributed by atoms with Gasteiger partial charge in [-0.05, 0) is 43.7 Å². The molecule has 154 valence electrons. The fourth-order valence-corrected chi connectivity index (χ4v) is 2.94. The molecule has 0 spiro atoms. The lowest BCUT2D eigenvalue weighted by molar-refractivity contribution is -0.128. The number of aryl methyl sites for hydroxylation is 1. The summed E-state index contributed by atoms with van der Waals surface area (Å²) >= 11 is 0. The minimum absolute atomic E-state index is 0.0146. The molecule has 0 aliphatic carbocycles. The number of ether oxygens (including phenoxy) is 2. The lowest BCUT2D eigenvalue weighted by Crippen LogP contribution is -2.39. The molecule has 1 aliphatic rings. The Morgan fingerprint density at radius 2 is 1.67 bits per heavy atom. The highest BCUT2D eigenvalue weighted by Crippen LogP contribution is 2.31. The van der Waals surface area contributed by atoms with Crippen LogP contribution in [0.15, 0.2) is 42.5 Å². The summed E-state index contributed by atoms with van der Waals surface area (Å²) in [5.74, 6) is -2.81. The first-order valence-corrected chi connectivity index (χ1v) is 8.93. The van der Waals surface area contributed by atoms with E-state index in [1.54, 1.807) is 31.2 Å². The number of nitrogens with zero attached hydrogens (tertiary/aromatic N) is 1. The highest BCUT2D eigenvalue weighted by molar-refractivity contribution is 6.34. The van der Waals surface area contributed by atoms with Gasteiger partial charge in [0.1, 0.15) is 0 Å². The van der Waals surface area contributed by atoms with E-state index >= 15 is 0 Å². The fraction of sp³-hybridized carbons (Fsp3) is 0.190. The Balaban J connectivity index is 1.81. The van der Waals surface area contributed by atoms with Crippen LogP contribution in [0.1, 0.15) is 43.6 Å². The quantitative estimate of drug-likeness (QED) is 0.606. The van der Waals surface area contributed by atoms with Gasteiger partial charge in [0.25, 0.3) is 17.7 Å². The zero-order valence-electron chi connectivity index (χ0n) is 16.4. The van der Waals surface area contributed by atoms with Gasteiger partial charge < -0.3 is 9.47 Å². The third-order valence-corrected chi connectivity index (χ3v) is 4.54. The molecule has 0 unspecified atom stereocenters. The van der Waals surface area contributed by atoms with E-state index in [0.717, 1.165) is 17.6 Å². The molecule has 2 aromatic carbocycles. The molecule has 1 N–H and O–H groups in total. The van der Waals surface area contributed by atoms with Crippen LogP contribution in [-0.4, -0.2) is 43.0 Å². The highest BCUT2D eigenvalue weighted by atomic mass is 16.6. The number of methoxy groups -OCH3 is 1. The number of rotatable bonds is 4. The van der Waals surface area contributed by atoms with Crippen LogP contribution < -0.4 is 10.2 Å². The lowest BCUT2D eigenvalue weighted by atomic mass is 10.1. The Hall–Kier alpha value is -4.01. The molecule has 0 fully saturated rings. The SMILES string of the molecule is COC(=O)NC(=O)[C@H](C)OC(=O)c1ccc2c(c1)C(=O)N(c1ccccc1C)C2=O. The van der Waals surface area contributed by atoms with Crippen molar-refractivity contribution in [3.8, 4) is 0 Å². The molecular weight excluding hydrogens is 392 g/mol. The standard InChI is InChI=1S/C21H18N2O7/c1-11-6-4-5-7-16(11)23-18(25)14-9-8-13(10-15(14)19(23)26)20(27)30-12(2)17(24)22-21(28)29-3/h4-10,12H,1-3H3,(H,22,24,28)/t12-/m0/s1. The van der Waals surface area contributed by atoms with E-state index in [1.807, 2.05) is 5.32 Å². The number of anilines is 1. The van der Waals surface area contributed by atoms with Crippen molar-refractivity contribution in [3.05, 3.63) is 64.7 Å². The molecule has 2 aromatic rings. The molecule has 9 heteroatoms. The van der Waals surface area contributed by atoms with Gasteiger partial charge >= 0.3 is 12.1 Å². The van der Waals surface area contributed by atoms with E-state index in [4.69, 9.17) is 4.74 Å². The topological polar surface area (TPSA) is 119 Å². The molecule has 30 heavy (non-hydrogen) atoms. The molecule has 1 aliphatic heterocycles. The van der Waals surface area contributed by atoms with Crippen molar-refractivity contribution < 1.29 is 33.4 Å². The summed E-state index contributed by atoms with van der Waals surface area (Å²) in [6.45, 7) is 3.06. The van der Waals surface area contributed by atoms with Crippen molar-refractivity contribution in [3.63, 3.8) is 0 Å². The summed E-state index contributed by atoms with van der Waals surface area (Å²) in [5, 5.41) is 1.89. The zero-order valence-corrected chi connectivity index (χ0v) is 16.4. The number of alkyl carbamates (subject to hydrolysis) is 1. The van der Waals surface area contributed by atoms with Crippen molar-refractivity contribution in [2.24, 2.45) is 0 Å². The molecule has 0 saturated carbocycles. The Labute approximate surface area is 171 Å². The van der Waals surface area contributed by atoms with Crippen molar-refractivity contribution in [2.45, 2.75) is 20.0 Å². The van der Waals surface area contributed by atoms with Crippen LogP contribution in [0.3, 0.4) is 0 Å². The van der Waals surface area contributed by atoms with E-state index in [1.165, 1.54) is 25.1 Å². The predicted octanol–water partition coefficient (Wildman–Crippen LogP) is 2.22. The monoisotopic (exact) mass is 410 g/mol. The largest absolute Gasteiger partial charge is 0.453 e. The molecule has 0 saturated heterocycles. The number of amides is 4. The van der Waals surface area contributed by atoms with Crippen LogP contribution in [-0.2, 0) is 14.3 Å². The average Bonchev–Trinajstić information content (AvgIpc) is 2.98. The van der Waals surface area contributed by atoms with Gasteiger partial charge in [-0.1, -0.05) is 18.2 Å². The molecule has 0 radical (unpaired) electrons. The Bertz CT molecular complexity index is 1080. The normalized spacial score (nSPS) is 13.5. The number of para-hydroxylation sites is 1. The minimum Gasteiger partial charge on any atom is -0.453 e. The minimum atomic E-state index is -1.29. The third-order valence-electron chi connectivity index (χ3n) is 4.54. The van der Waals surface area contributed by atoms with Crippen LogP contribution in [0, 0.1) is 6.92 Å². The van der Waals surface area contributed by atoms with E-state index in [-0.39, 0.29) is 16.7 Å². The summed E-state index contributed by atoms with van der Waals surface area (Å²) in [4.78, 5) is 61.9. The van der Waals surface area contributed by atoms with Crippen molar-refractivity contribution in [1.82, 2.24) is 5.32 Å². The average molecular weight is 410 g/mol. The maximum absolute atomic E-state index is 12.9. The molecular formula is C21H18N2O7. The van der Waals surface area contributed by atoms with E-state index in [2.05, 4.69) is 4.74 Å². The Morgan fingerprint density at radius 1 is 1.00 bits per heavy atom. The summed E-state index contributed by atoms with van der Waals surface area (Å²) in [6, 6.07) is 10.9. The number of hydrogen-bond donors (Lipinski definition) is 1. The number of benzene rings is 2. The van der Waals surface area contributed by atoms with Crippen LogP contribution >= 0.6 is 0 Å². The van der Waals surface area contributed by atoms with Crippen LogP contribution in [0.25, 0.3) is 0 Å². The second-order valence-corrected chi connectivity index (χ2v) is 6.52. The molecule has 1 heterocycles. The first-order chi connectivity index (χ1) is 14.2. The van der Waals surface area contributed by atoms with Crippen molar-refractivity contribution >= 4 is 35.5 Å². The number of fused-ring (bicyclic) bond motifs is 1. The van der Waals surface area contributed by atoms with Crippen LogP contribution in [0.5, 0.6) is 0 Å². The second kappa shape index (κ2) is 8.16. The first kappa shape index (κ1) is 20.7. The fourth-order valence-electron chi connectivity index (χ4n) is 2.94. The van der Waals surface area contributed by atoms with Crippen molar-refractivity contribution in [1.29, 1.82) is 0 Å². The van der Waals surface area contributed by atoms with Crippen LogP contribution in [0.4, 0.5) is 10.5 Å². The predicted molar refractivity (Wildman–Crippen MR) is 104 cm³/mol. The zero-order chi connectivity index (χ0) is 22.0. The van der Waals surface area contributed by atoms with Gasteiger partial charge in [0.2, 0.25) is 0 Å². The molecule has 0 aromatic heterocycles. The molecule has 9 nitrogen and oxygen atoms in total.